The summed E-state index contributed by atoms with van der Waals surface area (Å²) in [7, 11) is 0. The van der Waals surface area contributed by atoms with Crippen LogP contribution in [0, 0.1) is 5.92 Å². The minimum Gasteiger partial charge on any atom is -0.493 e. The number of halogens is 1. The second-order valence-electron chi connectivity index (χ2n) is 4.60. The highest BCUT2D eigenvalue weighted by Gasteiger charge is 2.18. The lowest BCUT2D eigenvalue weighted by Gasteiger charge is -2.25. The van der Waals surface area contributed by atoms with Gasteiger partial charge in [-0.15, -0.1) is 0 Å². The summed E-state index contributed by atoms with van der Waals surface area (Å²) in [6.07, 6.45) is 3.97. The summed E-state index contributed by atoms with van der Waals surface area (Å²) in [5.41, 5.74) is 1.08. The Morgan fingerprint density at radius 1 is 1.41 bits per heavy atom. The van der Waals surface area contributed by atoms with Crippen LogP contribution >= 0.6 is 11.6 Å². The van der Waals surface area contributed by atoms with Crippen LogP contribution in [0.5, 0.6) is 5.75 Å². The van der Waals surface area contributed by atoms with E-state index in [1.807, 2.05) is 18.2 Å². The predicted octanol–water partition coefficient (Wildman–Crippen LogP) is 3.63. The van der Waals surface area contributed by atoms with E-state index in [4.69, 9.17) is 16.3 Å². The fraction of sp³-hybridized carbons (Fsp3) is 0.571. The number of nitrogens with one attached hydrogen (secondary N) is 1. The van der Waals surface area contributed by atoms with Crippen LogP contribution in [-0.2, 0) is 6.54 Å². The molecule has 0 unspecified atom stereocenters. The van der Waals surface area contributed by atoms with Crippen LogP contribution < -0.4 is 10.1 Å². The molecule has 0 spiro atoms. The molecular formula is C14H20ClNO. The molecule has 1 aliphatic carbocycles. The van der Waals surface area contributed by atoms with Crippen LogP contribution in [0.2, 0.25) is 5.02 Å². The van der Waals surface area contributed by atoms with Gasteiger partial charge in [0.05, 0.1) is 6.61 Å². The van der Waals surface area contributed by atoms with E-state index in [0.29, 0.717) is 0 Å². The van der Waals surface area contributed by atoms with Crippen molar-refractivity contribution in [3.63, 3.8) is 0 Å². The molecule has 1 aromatic rings. The van der Waals surface area contributed by atoms with E-state index in [0.717, 1.165) is 41.9 Å². The van der Waals surface area contributed by atoms with Crippen molar-refractivity contribution in [1.29, 1.82) is 0 Å². The lowest BCUT2D eigenvalue weighted by Crippen LogP contribution is -2.20. The monoisotopic (exact) mass is 253 g/mol. The van der Waals surface area contributed by atoms with Crippen LogP contribution in [0.1, 0.15) is 31.7 Å². The topological polar surface area (TPSA) is 21.3 Å². The number of hydrogen-bond acceptors (Lipinski definition) is 2. The van der Waals surface area contributed by atoms with Crippen molar-refractivity contribution >= 4 is 11.6 Å². The Labute approximate surface area is 108 Å². The summed E-state index contributed by atoms with van der Waals surface area (Å²) in [6.45, 7) is 4.63. The Morgan fingerprint density at radius 3 is 2.88 bits per heavy atom. The smallest absolute Gasteiger partial charge is 0.125 e. The van der Waals surface area contributed by atoms with Gasteiger partial charge in [0.1, 0.15) is 5.75 Å². The Bertz CT molecular complexity index is 363. The fourth-order valence-corrected chi connectivity index (χ4v) is 2.20. The largest absolute Gasteiger partial charge is 0.493 e. The van der Waals surface area contributed by atoms with Crippen molar-refractivity contribution < 1.29 is 4.74 Å². The molecule has 1 saturated carbocycles. The molecule has 1 aromatic carbocycles. The first kappa shape index (κ1) is 12.7. The molecule has 3 heteroatoms. The molecule has 0 atom stereocenters. The zero-order valence-electron chi connectivity index (χ0n) is 10.3. The van der Waals surface area contributed by atoms with Crippen LogP contribution in [0.15, 0.2) is 18.2 Å². The molecule has 0 saturated heterocycles. The molecule has 1 fully saturated rings. The van der Waals surface area contributed by atoms with Gasteiger partial charge in [0.15, 0.2) is 0 Å². The summed E-state index contributed by atoms with van der Waals surface area (Å²) in [4.78, 5) is 0. The first-order valence-corrected chi connectivity index (χ1v) is 6.80. The van der Waals surface area contributed by atoms with Gasteiger partial charge in [-0.1, -0.05) is 31.0 Å². The van der Waals surface area contributed by atoms with Gasteiger partial charge in [-0.2, -0.15) is 0 Å². The third-order valence-corrected chi connectivity index (χ3v) is 3.68. The average molecular weight is 254 g/mol. The molecule has 1 aliphatic rings. The van der Waals surface area contributed by atoms with Crippen molar-refractivity contribution in [1.82, 2.24) is 5.32 Å². The van der Waals surface area contributed by atoms with E-state index in [-0.39, 0.29) is 0 Å². The van der Waals surface area contributed by atoms with Gasteiger partial charge in [0.25, 0.3) is 0 Å². The zero-order valence-corrected chi connectivity index (χ0v) is 11.1. The molecule has 0 bridgehead atoms. The molecule has 1 N–H and O–H groups in total. The number of rotatable bonds is 6. The molecule has 0 radical (unpaired) electrons. The first-order valence-electron chi connectivity index (χ1n) is 6.42. The van der Waals surface area contributed by atoms with Gasteiger partial charge < -0.3 is 10.1 Å². The lowest BCUT2D eigenvalue weighted by atomic mass is 9.86. The summed E-state index contributed by atoms with van der Waals surface area (Å²) in [5.74, 6) is 1.69. The standard InChI is InChI=1S/C14H20ClNO/c1-2-16-9-12-13(15)7-4-8-14(12)17-10-11-5-3-6-11/h4,7-8,11,16H,2-3,5-6,9-10H2,1H3. The maximum absolute atomic E-state index is 6.21. The molecular weight excluding hydrogens is 234 g/mol. The average Bonchev–Trinajstić information content (AvgIpc) is 2.26. The fourth-order valence-electron chi connectivity index (χ4n) is 1.96. The number of hydrogen-bond donors (Lipinski definition) is 1. The van der Waals surface area contributed by atoms with Crippen molar-refractivity contribution in [2.24, 2.45) is 5.92 Å². The summed E-state index contributed by atoms with van der Waals surface area (Å²) in [6, 6.07) is 5.88. The maximum atomic E-state index is 6.21. The quantitative estimate of drug-likeness (QED) is 0.836. The summed E-state index contributed by atoms with van der Waals surface area (Å²) < 4.78 is 5.89. The summed E-state index contributed by atoms with van der Waals surface area (Å²) in [5, 5.41) is 4.09. The van der Waals surface area contributed by atoms with Crippen molar-refractivity contribution in [2.75, 3.05) is 13.2 Å². The normalized spacial score (nSPS) is 15.6. The minimum atomic E-state index is 0.751. The third-order valence-electron chi connectivity index (χ3n) is 3.33. The van der Waals surface area contributed by atoms with E-state index in [1.165, 1.54) is 19.3 Å². The van der Waals surface area contributed by atoms with Gasteiger partial charge in [-0.25, -0.2) is 0 Å². The minimum absolute atomic E-state index is 0.751. The van der Waals surface area contributed by atoms with Gasteiger partial charge in [-0.05, 0) is 37.4 Å². The van der Waals surface area contributed by atoms with E-state index >= 15 is 0 Å². The molecule has 0 aromatic heterocycles. The Kier molecular flexibility index (Phi) is 4.69. The molecule has 94 valence electrons. The van der Waals surface area contributed by atoms with E-state index in [9.17, 15) is 0 Å². The summed E-state index contributed by atoms with van der Waals surface area (Å²) >= 11 is 6.21. The van der Waals surface area contributed by atoms with Crippen LogP contribution in [-0.4, -0.2) is 13.2 Å². The molecule has 2 nitrogen and oxygen atoms in total. The first-order chi connectivity index (χ1) is 8.31. The van der Waals surface area contributed by atoms with E-state index < -0.39 is 0 Å². The highest BCUT2D eigenvalue weighted by Crippen LogP contribution is 2.30. The molecule has 2 rings (SSSR count). The Hall–Kier alpha value is -0.730. The SMILES string of the molecule is CCNCc1c(Cl)cccc1OCC1CCC1. The van der Waals surface area contributed by atoms with Crippen molar-refractivity contribution in [3.05, 3.63) is 28.8 Å². The molecule has 17 heavy (non-hydrogen) atoms. The Balaban J connectivity index is 1.99. The number of ether oxygens (including phenoxy) is 1. The van der Waals surface area contributed by atoms with E-state index in [1.54, 1.807) is 0 Å². The molecule has 0 heterocycles. The second kappa shape index (κ2) is 6.27. The van der Waals surface area contributed by atoms with Gasteiger partial charge in [-0.3, -0.25) is 0 Å². The predicted molar refractivity (Wildman–Crippen MR) is 71.7 cm³/mol. The van der Waals surface area contributed by atoms with Gasteiger partial charge in [0.2, 0.25) is 0 Å². The highest BCUT2D eigenvalue weighted by molar-refractivity contribution is 6.31. The highest BCUT2D eigenvalue weighted by atomic mass is 35.5. The second-order valence-corrected chi connectivity index (χ2v) is 5.01. The van der Waals surface area contributed by atoms with Crippen LogP contribution in [0.25, 0.3) is 0 Å². The Morgan fingerprint density at radius 2 is 2.24 bits per heavy atom. The van der Waals surface area contributed by atoms with Gasteiger partial charge >= 0.3 is 0 Å². The number of benzene rings is 1. The van der Waals surface area contributed by atoms with Crippen LogP contribution in [0.4, 0.5) is 0 Å². The van der Waals surface area contributed by atoms with Gasteiger partial charge in [0, 0.05) is 17.1 Å². The van der Waals surface area contributed by atoms with E-state index in [2.05, 4.69) is 12.2 Å². The maximum Gasteiger partial charge on any atom is 0.125 e. The molecule has 0 aliphatic heterocycles. The molecule has 0 amide bonds. The van der Waals surface area contributed by atoms with Crippen molar-refractivity contribution in [2.45, 2.75) is 32.7 Å². The third kappa shape index (κ3) is 3.36. The van der Waals surface area contributed by atoms with Crippen LogP contribution in [0.3, 0.4) is 0 Å². The van der Waals surface area contributed by atoms with Crippen molar-refractivity contribution in [3.8, 4) is 5.75 Å². The zero-order chi connectivity index (χ0) is 12.1. The lowest BCUT2D eigenvalue weighted by molar-refractivity contribution is 0.179.